The standard InChI is InChI=1S/C15H30N2/c1-2-14(6-3-4-7-14)13-17-11-10-15(12-16)8-5-9-15/h17H,2-13,16H2,1H3. The van der Waals surface area contributed by atoms with Crippen LogP contribution in [-0.4, -0.2) is 19.6 Å². The van der Waals surface area contributed by atoms with Crippen LogP contribution < -0.4 is 11.1 Å². The predicted octanol–water partition coefficient (Wildman–Crippen LogP) is 3.07. The molecule has 0 heterocycles. The highest BCUT2D eigenvalue weighted by atomic mass is 14.9. The summed E-state index contributed by atoms with van der Waals surface area (Å²) in [5.41, 5.74) is 7.05. The largest absolute Gasteiger partial charge is 0.330 e. The van der Waals surface area contributed by atoms with Crippen LogP contribution >= 0.6 is 0 Å². The van der Waals surface area contributed by atoms with Crippen LogP contribution in [0.3, 0.4) is 0 Å². The molecule has 0 aromatic rings. The van der Waals surface area contributed by atoms with E-state index in [1.54, 1.807) is 0 Å². The molecule has 2 nitrogen and oxygen atoms in total. The van der Waals surface area contributed by atoms with E-state index in [1.165, 1.54) is 70.9 Å². The molecule has 0 atom stereocenters. The first kappa shape index (κ1) is 13.4. The van der Waals surface area contributed by atoms with Crippen LogP contribution in [0.1, 0.15) is 64.7 Å². The average Bonchev–Trinajstić information content (AvgIpc) is 2.77. The number of nitrogens with two attached hydrogens (primary N) is 1. The van der Waals surface area contributed by atoms with Gasteiger partial charge in [0.05, 0.1) is 0 Å². The van der Waals surface area contributed by atoms with Crippen molar-refractivity contribution in [3.63, 3.8) is 0 Å². The number of nitrogens with one attached hydrogen (secondary N) is 1. The lowest BCUT2D eigenvalue weighted by Crippen LogP contribution is -2.41. The minimum atomic E-state index is 0.516. The fraction of sp³-hybridized carbons (Fsp3) is 1.00. The molecule has 2 heteroatoms. The van der Waals surface area contributed by atoms with Gasteiger partial charge in [-0.3, -0.25) is 0 Å². The zero-order valence-electron chi connectivity index (χ0n) is 11.6. The Hall–Kier alpha value is -0.0800. The summed E-state index contributed by atoms with van der Waals surface area (Å²) in [5, 5.41) is 3.72. The Morgan fingerprint density at radius 3 is 2.12 bits per heavy atom. The van der Waals surface area contributed by atoms with Crippen molar-refractivity contribution in [2.24, 2.45) is 16.6 Å². The van der Waals surface area contributed by atoms with Crippen LogP contribution in [-0.2, 0) is 0 Å². The van der Waals surface area contributed by atoms with Crippen molar-refractivity contribution >= 4 is 0 Å². The summed E-state index contributed by atoms with van der Waals surface area (Å²) >= 11 is 0. The van der Waals surface area contributed by atoms with Crippen LogP contribution in [0, 0.1) is 10.8 Å². The van der Waals surface area contributed by atoms with Gasteiger partial charge in [0, 0.05) is 6.54 Å². The molecule has 2 saturated carbocycles. The second kappa shape index (κ2) is 5.71. The quantitative estimate of drug-likeness (QED) is 0.669. The topological polar surface area (TPSA) is 38.0 Å². The monoisotopic (exact) mass is 238 g/mol. The van der Waals surface area contributed by atoms with E-state index < -0.39 is 0 Å². The van der Waals surface area contributed by atoms with E-state index in [0.29, 0.717) is 10.8 Å². The first-order valence-electron chi connectivity index (χ1n) is 7.65. The molecule has 0 amide bonds. The highest BCUT2D eigenvalue weighted by Crippen LogP contribution is 2.43. The van der Waals surface area contributed by atoms with Crippen molar-refractivity contribution in [3.05, 3.63) is 0 Å². The van der Waals surface area contributed by atoms with E-state index in [9.17, 15) is 0 Å². The van der Waals surface area contributed by atoms with Crippen LogP contribution in [0.15, 0.2) is 0 Å². The smallest absolute Gasteiger partial charge is 0.000771 e. The third-order valence-corrected chi connectivity index (χ3v) is 5.59. The van der Waals surface area contributed by atoms with Gasteiger partial charge in [0.2, 0.25) is 0 Å². The molecule has 0 spiro atoms. The van der Waals surface area contributed by atoms with E-state index in [2.05, 4.69) is 12.2 Å². The third kappa shape index (κ3) is 3.03. The minimum Gasteiger partial charge on any atom is -0.330 e. The maximum absolute atomic E-state index is 5.90. The third-order valence-electron chi connectivity index (χ3n) is 5.59. The Morgan fingerprint density at radius 2 is 1.65 bits per heavy atom. The SMILES string of the molecule is CCC1(CNCCC2(CN)CCC2)CCCC1. The highest BCUT2D eigenvalue weighted by molar-refractivity contribution is 4.90. The molecule has 0 radical (unpaired) electrons. The maximum Gasteiger partial charge on any atom is 0.000771 e. The second-order valence-electron chi connectivity index (χ2n) is 6.55. The van der Waals surface area contributed by atoms with E-state index >= 15 is 0 Å². The van der Waals surface area contributed by atoms with Gasteiger partial charge >= 0.3 is 0 Å². The number of hydrogen-bond acceptors (Lipinski definition) is 2. The summed E-state index contributed by atoms with van der Waals surface area (Å²) in [7, 11) is 0. The van der Waals surface area contributed by atoms with Crippen molar-refractivity contribution in [2.45, 2.75) is 64.7 Å². The van der Waals surface area contributed by atoms with Crippen molar-refractivity contribution < 1.29 is 0 Å². The Balaban J connectivity index is 1.65. The van der Waals surface area contributed by atoms with Crippen molar-refractivity contribution in [3.8, 4) is 0 Å². The zero-order chi connectivity index (χ0) is 12.2. The van der Waals surface area contributed by atoms with Crippen LogP contribution in [0.4, 0.5) is 0 Å². The summed E-state index contributed by atoms with van der Waals surface area (Å²) in [6, 6.07) is 0. The second-order valence-corrected chi connectivity index (χ2v) is 6.55. The summed E-state index contributed by atoms with van der Waals surface area (Å²) in [6.45, 7) is 5.68. The van der Waals surface area contributed by atoms with E-state index in [4.69, 9.17) is 5.73 Å². The fourth-order valence-electron chi connectivity index (χ4n) is 3.72. The van der Waals surface area contributed by atoms with Gasteiger partial charge in [-0.25, -0.2) is 0 Å². The van der Waals surface area contributed by atoms with Gasteiger partial charge in [0.1, 0.15) is 0 Å². The van der Waals surface area contributed by atoms with Crippen LogP contribution in [0.2, 0.25) is 0 Å². The van der Waals surface area contributed by atoms with E-state index in [-0.39, 0.29) is 0 Å². The van der Waals surface area contributed by atoms with Crippen molar-refractivity contribution in [1.29, 1.82) is 0 Å². The molecule has 2 fully saturated rings. The van der Waals surface area contributed by atoms with Crippen LogP contribution in [0.5, 0.6) is 0 Å². The highest BCUT2D eigenvalue weighted by Gasteiger charge is 2.35. The lowest BCUT2D eigenvalue weighted by Gasteiger charge is -2.41. The first-order valence-corrected chi connectivity index (χ1v) is 7.65. The van der Waals surface area contributed by atoms with Gasteiger partial charge < -0.3 is 11.1 Å². The molecule has 2 rings (SSSR count). The Morgan fingerprint density at radius 1 is 1.00 bits per heavy atom. The minimum absolute atomic E-state index is 0.516. The van der Waals surface area contributed by atoms with Gasteiger partial charge in [-0.1, -0.05) is 26.2 Å². The Labute approximate surface area is 107 Å². The molecule has 17 heavy (non-hydrogen) atoms. The molecular formula is C15H30N2. The molecule has 0 bridgehead atoms. The summed E-state index contributed by atoms with van der Waals surface area (Å²) in [5.74, 6) is 0. The van der Waals surface area contributed by atoms with Gasteiger partial charge in [-0.2, -0.15) is 0 Å². The normalized spacial score (nSPS) is 25.8. The van der Waals surface area contributed by atoms with Crippen LogP contribution in [0.25, 0.3) is 0 Å². The van der Waals surface area contributed by atoms with Crippen molar-refractivity contribution in [1.82, 2.24) is 5.32 Å². The molecule has 3 N–H and O–H groups in total. The summed E-state index contributed by atoms with van der Waals surface area (Å²) < 4.78 is 0. The molecule has 100 valence electrons. The van der Waals surface area contributed by atoms with Gasteiger partial charge in [0.15, 0.2) is 0 Å². The Bertz CT molecular complexity index is 222. The van der Waals surface area contributed by atoms with Gasteiger partial charge in [0.25, 0.3) is 0 Å². The molecule has 2 aliphatic rings. The summed E-state index contributed by atoms with van der Waals surface area (Å²) in [4.78, 5) is 0. The zero-order valence-corrected chi connectivity index (χ0v) is 11.6. The predicted molar refractivity (Wildman–Crippen MR) is 74.0 cm³/mol. The lowest BCUT2D eigenvalue weighted by atomic mass is 9.67. The lowest BCUT2D eigenvalue weighted by molar-refractivity contribution is 0.127. The molecule has 0 saturated heterocycles. The molecule has 0 aliphatic heterocycles. The average molecular weight is 238 g/mol. The first-order chi connectivity index (χ1) is 8.24. The van der Waals surface area contributed by atoms with Crippen molar-refractivity contribution in [2.75, 3.05) is 19.6 Å². The number of hydrogen-bond donors (Lipinski definition) is 2. The van der Waals surface area contributed by atoms with Gasteiger partial charge in [-0.05, 0) is 62.4 Å². The van der Waals surface area contributed by atoms with E-state index in [0.717, 1.165) is 6.54 Å². The molecular weight excluding hydrogens is 208 g/mol. The molecule has 0 unspecified atom stereocenters. The summed E-state index contributed by atoms with van der Waals surface area (Å²) in [6.07, 6.45) is 12.6. The molecule has 2 aliphatic carbocycles. The van der Waals surface area contributed by atoms with E-state index in [1.807, 2.05) is 0 Å². The molecule has 0 aromatic carbocycles. The maximum atomic E-state index is 5.90. The number of rotatable bonds is 7. The molecule has 0 aromatic heterocycles. The Kier molecular flexibility index (Phi) is 4.48. The fourth-order valence-corrected chi connectivity index (χ4v) is 3.72. The van der Waals surface area contributed by atoms with Gasteiger partial charge in [-0.15, -0.1) is 0 Å².